The molecular weight excluding hydrogens is 1860 g/mol. The normalized spacial score (nSPS) is 47.3. The van der Waals surface area contributed by atoms with Crippen LogP contribution < -0.4 is 0 Å². The number of ketones is 1. The Morgan fingerprint density at radius 3 is 0.933 bits per heavy atom. The maximum atomic E-state index is 13.0. The molecule has 22 aliphatic rings. The van der Waals surface area contributed by atoms with Gasteiger partial charge in [-0.25, -0.2) is 48.9 Å². The van der Waals surface area contributed by atoms with Crippen molar-refractivity contribution in [2.24, 2.45) is 196 Å². The molecule has 15 saturated carbocycles. The zero-order valence-corrected chi connectivity index (χ0v) is 103. The van der Waals surface area contributed by atoms with Crippen LogP contribution in [0.5, 0.6) is 0 Å². The summed E-state index contributed by atoms with van der Waals surface area (Å²) in [5.41, 5.74) is 8.40. The summed E-state index contributed by atoms with van der Waals surface area (Å²) in [6.45, 7) is 80.5. The molecule has 854 valence electrons. The van der Waals surface area contributed by atoms with Gasteiger partial charge in [-0.2, -0.15) is 0 Å². The Balaban J connectivity index is 0.000000122. The van der Waals surface area contributed by atoms with Crippen LogP contribution in [0.4, 0.5) is 0 Å². The van der Waals surface area contributed by atoms with Gasteiger partial charge < -0.3 is 14.2 Å². The Bertz CT molecular complexity index is 4660. The Labute approximate surface area is 917 Å². The zero-order valence-electron chi connectivity index (χ0n) is 103. The highest BCUT2D eigenvalue weighted by atomic mass is 17.2. The third kappa shape index (κ3) is 21.3. The smallest absolute Gasteiger partial charge is 0.176 e. The van der Waals surface area contributed by atoms with Crippen LogP contribution in [0.15, 0.2) is 58.2 Å². The Kier molecular flexibility index (Phi) is 34.1. The number of fused-ring (bicyclic) bond motifs is 27. The van der Waals surface area contributed by atoms with Gasteiger partial charge in [0.15, 0.2) is 5.79 Å². The number of ether oxygens (including phenoxy) is 3. The van der Waals surface area contributed by atoms with E-state index < -0.39 is 11.2 Å². The number of allylic oxidation sites excluding steroid dienone is 5. The van der Waals surface area contributed by atoms with Crippen molar-refractivity contribution in [3.8, 4) is 0 Å². The van der Waals surface area contributed by atoms with Crippen molar-refractivity contribution in [2.75, 3.05) is 19.8 Å². The Morgan fingerprint density at radius 1 is 0.307 bits per heavy atom. The van der Waals surface area contributed by atoms with Crippen LogP contribution in [0.3, 0.4) is 0 Å². The summed E-state index contributed by atoms with van der Waals surface area (Å²) >= 11 is 0. The third-order valence-electron chi connectivity index (χ3n) is 49.0. The number of carbonyl (C=O) groups excluding carboxylic acids is 1. The van der Waals surface area contributed by atoms with Crippen molar-refractivity contribution in [2.45, 2.75) is 575 Å². The van der Waals surface area contributed by atoms with E-state index in [1.807, 2.05) is 20.8 Å². The first-order valence-electron chi connectivity index (χ1n) is 64.0. The minimum Gasteiger partial charge on any atom is -0.374 e. The van der Waals surface area contributed by atoms with E-state index >= 15 is 0 Å². The molecular formula is C136H226O14. The summed E-state index contributed by atoms with van der Waals surface area (Å²) in [6.07, 6.45) is 67.0. The van der Waals surface area contributed by atoms with Crippen molar-refractivity contribution >= 4 is 5.78 Å². The summed E-state index contributed by atoms with van der Waals surface area (Å²) in [5.74, 6) is 17.9. The molecule has 22 rings (SSSR count). The van der Waals surface area contributed by atoms with Crippen LogP contribution >= 0.6 is 0 Å². The Morgan fingerprint density at radius 2 is 0.600 bits per heavy atom. The maximum absolute atomic E-state index is 13.0. The molecule has 0 aromatic heterocycles. The molecule has 0 bridgehead atoms. The summed E-state index contributed by atoms with van der Waals surface area (Å²) in [6, 6.07) is 0. The lowest BCUT2D eigenvalue weighted by Gasteiger charge is -2.59. The SMILES string of the molecule is CCC[C@@H](C)[C@H]1CC[C@H]2[C@@H]3CC[C@@H]4C[C@H](C)CC[C@]4(C)C3=CC(OOC(C)(C)C)[C@]12C.CCC[C@@H](C)[C@H]1CC[C@H]2[C@@H]3CC[C@@H]4C[C@H](C)CC[C@]4(C)C3=CC(OOC(C)(C)C)[C@]12C.C[C@@H]1CC[C@]2(C)C3=CC(OOC(C)(C)C)[C@@]4(C)[C@@H](CCC45CCCO5)[C@@H]3CC[C@@H]2C1.C[C@@H]1CC[C@]2(C)C3=CC(OOC(C)(C)C)[C@@]4(C)[C@@H](CCC45OCCCO5)[C@@H]3CC[C@@H]2C1.C[C@@H]1CC[C@]2(C)C3=CC(OOC(C)(C)C)[C@]4(C)C(=O)CC[C@H]4[C@@H]3CC[C@@H]2C1. The molecule has 2 spiro atoms. The molecule has 14 heteroatoms. The van der Waals surface area contributed by atoms with E-state index in [0.29, 0.717) is 69.4 Å². The molecule has 17 fully saturated rings. The number of Topliss-reactive ketones (excluding diaryl/α,β-unsaturated/α-hetero) is 1. The fourth-order valence-corrected chi connectivity index (χ4v) is 40.7. The molecule has 0 radical (unpaired) electrons. The first-order valence-corrected chi connectivity index (χ1v) is 64.0. The van der Waals surface area contributed by atoms with E-state index in [1.54, 1.807) is 27.9 Å². The second kappa shape index (κ2) is 43.5. The highest BCUT2D eigenvalue weighted by Crippen LogP contribution is 2.76. The van der Waals surface area contributed by atoms with Gasteiger partial charge in [-0.15, -0.1) is 0 Å². The standard InChI is InChI=1S/2C29H50O2.C27H44O4.C27H44O3.C24H38O3/c2*1-9-10-20(3)23-13-14-24-22-12-11-21-17-19(2)15-16-28(21,7)25(22)18-26(29(23,24)8)30-31-27(4,5)6;1-18-10-12-25(5)19(16-18)8-9-20-21-11-13-27(28-14-7-15-29-27)26(21,6)23(17-22(20)25)30-31-24(2,3)4;1-18-10-13-25(5)19(16-18)8-9-20-21-11-14-27(12-7-15-28-27)26(21,6)23(17-22(20)25)29-30-24(2,3)4;1-15-11-12-23(5)16(13-15)7-8-17-18-9-10-20(25)24(18,6)21(14-19(17)23)26-27-22(2,3)4/h2*18-24,26H,9-17H2,1-8H3;17-21,23H,7-16H2,1-6H3;17-21,23H,7-16H2,1-6H3;14-18,21H,7-13H2,1-6H3/t2*19-,20-,21-,22+,23-,24+,26?,28+,29-;18-,19-,20+,21+,23?,25+,26-;18-,19-,20+,21+,23?,25+,26-,27?;15-,16-,17+,18+,21?,23+,24+/m11111/s1. The van der Waals surface area contributed by atoms with Crippen molar-refractivity contribution in [3.05, 3.63) is 58.2 Å². The van der Waals surface area contributed by atoms with E-state index in [4.69, 9.17) is 63.1 Å². The molecule has 14 nitrogen and oxygen atoms in total. The molecule has 0 N–H and O–H groups in total. The molecule has 2 saturated heterocycles. The van der Waals surface area contributed by atoms with Crippen LogP contribution in [0.1, 0.15) is 505 Å². The van der Waals surface area contributed by atoms with Crippen LogP contribution in [0, 0.1) is 196 Å². The first kappa shape index (κ1) is 117. The van der Waals surface area contributed by atoms with Gasteiger partial charge in [0.1, 0.15) is 36.3 Å². The number of hydrogen-bond acceptors (Lipinski definition) is 14. The topological polar surface area (TPSA) is 137 Å². The maximum Gasteiger partial charge on any atom is 0.176 e. The molecule has 150 heavy (non-hydrogen) atoms. The fraction of sp³-hybridized carbons (Fsp3) is 0.919. The molecule has 0 aromatic carbocycles. The van der Waals surface area contributed by atoms with Crippen LogP contribution in [-0.2, 0) is 67.9 Å². The summed E-state index contributed by atoms with van der Waals surface area (Å²) in [4.78, 5) is 74.5. The van der Waals surface area contributed by atoms with Crippen molar-refractivity contribution < 1.29 is 67.9 Å². The molecule has 2 heterocycles. The lowest BCUT2D eigenvalue weighted by molar-refractivity contribution is -0.413. The van der Waals surface area contributed by atoms with Crippen LogP contribution in [0.25, 0.3) is 0 Å². The van der Waals surface area contributed by atoms with Gasteiger partial charge in [-0.05, 0) is 511 Å². The summed E-state index contributed by atoms with van der Waals surface area (Å²) < 4.78 is 19.6. The first-order chi connectivity index (χ1) is 70.2. The predicted molar refractivity (Wildman–Crippen MR) is 607 cm³/mol. The Hall–Kier alpha value is -2.15. The van der Waals surface area contributed by atoms with E-state index in [0.717, 1.165) is 152 Å². The van der Waals surface area contributed by atoms with Crippen LogP contribution in [-0.4, -0.2) is 95.5 Å². The monoisotopic (exact) mass is 2080 g/mol. The zero-order chi connectivity index (χ0) is 108. The van der Waals surface area contributed by atoms with Gasteiger partial charge in [-0.3, -0.25) is 4.79 Å². The highest BCUT2D eigenvalue weighted by Gasteiger charge is 2.73. The van der Waals surface area contributed by atoms with Crippen molar-refractivity contribution in [3.63, 3.8) is 0 Å². The van der Waals surface area contributed by atoms with Crippen molar-refractivity contribution in [1.82, 2.24) is 0 Å². The largest absolute Gasteiger partial charge is 0.374 e. The van der Waals surface area contributed by atoms with Crippen molar-refractivity contribution in [1.29, 1.82) is 0 Å². The van der Waals surface area contributed by atoms with E-state index in [9.17, 15) is 4.79 Å². The molecule has 0 amide bonds. The van der Waals surface area contributed by atoms with E-state index in [1.165, 1.54) is 238 Å². The lowest BCUT2D eigenvalue weighted by atomic mass is 9.47. The quantitative estimate of drug-likeness (QED) is 0.0823. The van der Waals surface area contributed by atoms with Gasteiger partial charge in [-0.1, -0.05) is 209 Å². The molecule has 40 atom stereocenters. The number of carbonyl (C=O) groups is 1. The van der Waals surface area contributed by atoms with E-state index in [-0.39, 0.29) is 91.2 Å². The molecule has 0 aromatic rings. The van der Waals surface area contributed by atoms with Gasteiger partial charge in [0.05, 0.1) is 57.7 Å². The molecule has 2 aliphatic heterocycles. The van der Waals surface area contributed by atoms with Crippen LogP contribution in [0.2, 0.25) is 0 Å². The van der Waals surface area contributed by atoms with E-state index in [2.05, 4.69) is 245 Å². The summed E-state index contributed by atoms with van der Waals surface area (Å²) in [7, 11) is 0. The predicted octanol–water partition coefficient (Wildman–Crippen LogP) is 35.9. The van der Waals surface area contributed by atoms with Gasteiger partial charge in [0.2, 0.25) is 0 Å². The number of rotatable bonds is 16. The van der Waals surface area contributed by atoms with Gasteiger partial charge in [0.25, 0.3) is 0 Å². The number of hydrogen-bond donors (Lipinski definition) is 0. The lowest BCUT2D eigenvalue weighted by Crippen LogP contribution is -2.61. The summed E-state index contributed by atoms with van der Waals surface area (Å²) in [5, 5.41) is 0. The average Bonchev–Trinajstić information content (AvgIpc) is 1.51. The second-order valence-electron chi connectivity index (χ2n) is 63.9. The minimum absolute atomic E-state index is 0.00801. The third-order valence-corrected chi connectivity index (χ3v) is 49.0. The second-order valence-corrected chi connectivity index (χ2v) is 63.9. The molecule has 20 aliphatic carbocycles. The average molecular weight is 2090 g/mol. The highest BCUT2D eigenvalue weighted by molar-refractivity contribution is 5.88. The van der Waals surface area contributed by atoms with Gasteiger partial charge >= 0.3 is 0 Å². The fourth-order valence-electron chi connectivity index (χ4n) is 40.7. The van der Waals surface area contributed by atoms with Gasteiger partial charge in [0, 0.05) is 35.7 Å². The minimum atomic E-state index is -0.539. The molecule has 6 unspecified atom stereocenters.